The van der Waals surface area contributed by atoms with Gasteiger partial charge in [-0.1, -0.05) is 17.3 Å². The molecule has 0 amide bonds. The van der Waals surface area contributed by atoms with Gasteiger partial charge < -0.3 is 14.6 Å². The number of aromatic nitrogens is 5. The van der Waals surface area contributed by atoms with E-state index in [9.17, 15) is 5.11 Å². The zero-order valence-corrected chi connectivity index (χ0v) is 18.2. The van der Waals surface area contributed by atoms with Crippen molar-refractivity contribution in [1.29, 1.82) is 0 Å². The van der Waals surface area contributed by atoms with Crippen LogP contribution in [-0.2, 0) is 13.1 Å². The highest BCUT2D eigenvalue weighted by atomic mass is 16.3. The largest absolute Gasteiger partial charge is 0.391 e. The minimum absolute atomic E-state index is 0.0224. The van der Waals surface area contributed by atoms with E-state index in [-0.39, 0.29) is 12.1 Å². The van der Waals surface area contributed by atoms with Crippen LogP contribution in [-0.4, -0.2) is 72.7 Å². The van der Waals surface area contributed by atoms with Crippen molar-refractivity contribution in [1.82, 2.24) is 34.3 Å². The van der Waals surface area contributed by atoms with Gasteiger partial charge in [-0.05, 0) is 56.5 Å². The number of rotatable bonds is 6. The van der Waals surface area contributed by atoms with Gasteiger partial charge in [0.1, 0.15) is 0 Å². The van der Waals surface area contributed by atoms with Gasteiger partial charge in [0.25, 0.3) is 0 Å². The maximum atomic E-state index is 10.9. The highest BCUT2D eigenvalue weighted by Crippen LogP contribution is 2.41. The van der Waals surface area contributed by atoms with E-state index in [0.29, 0.717) is 11.8 Å². The fourth-order valence-electron chi connectivity index (χ4n) is 5.28. The summed E-state index contributed by atoms with van der Waals surface area (Å²) in [6.45, 7) is 3.82. The van der Waals surface area contributed by atoms with Crippen molar-refractivity contribution in [2.45, 2.75) is 38.1 Å². The van der Waals surface area contributed by atoms with Crippen molar-refractivity contribution < 1.29 is 5.11 Å². The lowest BCUT2D eigenvalue weighted by Gasteiger charge is -2.35. The third-order valence-electron chi connectivity index (χ3n) is 6.68. The van der Waals surface area contributed by atoms with Gasteiger partial charge in [-0.15, -0.1) is 5.10 Å². The summed E-state index contributed by atoms with van der Waals surface area (Å²) in [5.74, 6) is 1.14. The SMILES string of the molecule is CN(C)Cc1cn([C@@H]2C[C@@H]3CN(Cc4cccc(-n5ccnc5)c4)C[C@@H]3C[C@H]2O)nn1. The quantitative estimate of drug-likeness (QED) is 0.656. The second-order valence-corrected chi connectivity index (χ2v) is 9.39. The molecule has 3 aromatic rings. The molecule has 4 atom stereocenters. The summed E-state index contributed by atoms with van der Waals surface area (Å²) in [6, 6.07) is 8.68. The summed E-state index contributed by atoms with van der Waals surface area (Å²) >= 11 is 0. The smallest absolute Gasteiger partial charge is 0.0991 e. The maximum Gasteiger partial charge on any atom is 0.0991 e. The Hall–Kier alpha value is -2.55. The summed E-state index contributed by atoms with van der Waals surface area (Å²) in [7, 11) is 4.05. The molecular weight excluding hydrogens is 390 g/mol. The molecule has 3 heterocycles. The second-order valence-electron chi connectivity index (χ2n) is 9.39. The lowest BCUT2D eigenvalue weighted by Crippen LogP contribution is -2.36. The first kappa shape index (κ1) is 20.4. The van der Waals surface area contributed by atoms with Crippen LogP contribution >= 0.6 is 0 Å². The van der Waals surface area contributed by atoms with Gasteiger partial charge in [0.2, 0.25) is 0 Å². The molecule has 31 heavy (non-hydrogen) atoms. The topological polar surface area (TPSA) is 75.2 Å². The second kappa shape index (κ2) is 8.53. The number of nitrogens with zero attached hydrogens (tertiary/aromatic N) is 7. The minimum Gasteiger partial charge on any atom is -0.391 e. The van der Waals surface area contributed by atoms with Gasteiger partial charge in [0.15, 0.2) is 0 Å². The molecule has 2 aliphatic rings. The Bertz CT molecular complexity index is 999. The Balaban J connectivity index is 1.24. The van der Waals surface area contributed by atoms with Gasteiger partial charge in [-0.2, -0.15) is 0 Å². The monoisotopic (exact) mass is 421 g/mol. The normalized spacial score (nSPS) is 26.5. The molecule has 1 saturated carbocycles. The average molecular weight is 422 g/mol. The van der Waals surface area contributed by atoms with Crippen molar-refractivity contribution in [2.75, 3.05) is 27.2 Å². The van der Waals surface area contributed by atoms with E-state index in [1.54, 1.807) is 6.20 Å². The zero-order chi connectivity index (χ0) is 21.4. The fourth-order valence-corrected chi connectivity index (χ4v) is 5.28. The molecule has 8 nitrogen and oxygen atoms in total. The number of fused-ring (bicyclic) bond motifs is 1. The van der Waals surface area contributed by atoms with Crippen LogP contribution in [0.4, 0.5) is 0 Å². The molecule has 1 saturated heterocycles. The number of aliphatic hydroxyl groups is 1. The Labute approximate surface area is 183 Å². The fraction of sp³-hybridized carbons (Fsp3) is 0.522. The first-order chi connectivity index (χ1) is 15.0. The van der Waals surface area contributed by atoms with Crippen molar-refractivity contribution >= 4 is 0 Å². The molecule has 0 radical (unpaired) electrons. The van der Waals surface area contributed by atoms with Gasteiger partial charge in [0, 0.05) is 44.3 Å². The van der Waals surface area contributed by atoms with Crippen LogP contribution in [0.15, 0.2) is 49.2 Å². The van der Waals surface area contributed by atoms with E-state index in [4.69, 9.17) is 0 Å². The Morgan fingerprint density at radius 3 is 2.77 bits per heavy atom. The number of hydrogen-bond acceptors (Lipinski definition) is 6. The zero-order valence-electron chi connectivity index (χ0n) is 18.2. The van der Waals surface area contributed by atoms with Crippen LogP contribution in [0, 0.1) is 11.8 Å². The molecule has 2 fully saturated rings. The molecule has 5 rings (SSSR count). The Morgan fingerprint density at radius 1 is 1.16 bits per heavy atom. The van der Waals surface area contributed by atoms with Crippen LogP contribution in [0.1, 0.15) is 30.1 Å². The molecule has 1 aliphatic carbocycles. The Morgan fingerprint density at radius 2 is 2.00 bits per heavy atom. The van der Waals surface area contributed by atoms with Crippen molar-refractivity contribution in [3.8, 4) is 5.69 Å². The van der Waals surface area contributed by atoms with Crippen molar-refractivity contribution in [3.05, 3.63) is 60.4 Å². The third-order valence-corrected chi connectivity index (χ3v) is 6.68. The predicted molar refractivity (Wildman–Crippen MR) is 118 cm³/mol. The Kier molecular flexibility index (Phi) is 5.60. The van der Waals surface area contributed by atoms with Crippen LogP contribution in [0.3, 0.4) is 0 Å². The molecule has 0 spiro atoms. The molecule has 164 valence electrons. The molecule has 1 N–H and O–H groups in total. The van der Waals surface area contributed by atoms with E-state index >= 15 is 0 Å². The van der Waals surface area contributed by atoms with Crippen molar-refractivity contribution in [2.24, 2.45) is 11.8 Å². The van der Waals surface area contributed by atoms with Gasteiger partial charge in [0.05, 0.1) is 30.4 Å². The number of likely N-dealkylation sites (tertiary alicyclic amines) is 1. The van der Waals surface area contributed by atoms with Crippen LogP contribution in [0.2, 0.25) is 0 Å². The van der Waals surface area contributed by atoms with E-state index in [1.807, 2.05) is 42.1 Å². The van der Waals surface area contributed by atoms with Crippen LogP contribution in [0.25, 0.3) is 5.69 Å². The van der Waals surface area contributed by atoms with E-state index in [0.717, 1.165) is 50.4 Å². The molecule has 1 aliphatic heterocycles. The molecule has 0 bridgehead atoms. The van der Waals surface area contributed by atoms with Crippen molar-refractivity contribution in [3.63, 3.8) is 0 Å². The highest BCUT2D eigenvalue weighted by molar-refractivity contribution is 5.35. The average Bonchev–Trinajstić information content (AvgIpc) is 3.47. The third kappa shape index (κ3) is 4.42. The summed E-state index contributed by atoms with van der Waals surface area (Å²) in [4.78, 5) is 8.77. The van der Waals surface area contributed by atoms with E-state index in [2.05, 4.69) is 49.4 Å². The number of imidazole rings is 1. The lowest BCUT2D eigenvalue weighted by atomic mass is 9.77. The van der Waals surface area contributed by atoms with Gasteiger partial charge >= 0.3 is 0 Å². The highest BCUT2D eigenvalue weighted by Gasteiger charge is 2.42. The first-order valence-electron chi connectivity index (χ1n) is 11.1. The van der Waals surface area contributed by atoms with Gasteiger partial charge in [-0.3, -0.25) is 4.90 Å². The molecule has 2 aromatic heterocycles. The van der Waals surface area contributed by atoms with Crippen LogP contribution in [0.5, 0.6) is 0 Å². The summed E-state index contributed by atoms with van der Waals surface area (Å²) in [6.07, 6.45) is 9.05. The first-order valence-corrected chi connectivity index (χ1v) is 11.1. The van der Waals surface area contributed by atoms with E-state index < -0.39 is 0 Å². The molecule has 8 heteroatoms. The number of aliphatic hydroxyl groups excluding tert-OH is 1. The standard InChI is InChI=1S/C23H31N7O/c1-27(2)14-20-15-30(26-25-20)22-9-18-12-28(13-19(18)10-23(22)31)11-17-4-3-5-21(8-17)29-7-6-24-16-29/h3-8,15-16,18-19,22-23,31H,9-14H2,1-2H3/t18-,19+,22-,23-/m1/s1. The molecular formula is C23H31N7O. The molecule has 1 aromatic carbocycles. The maximum absolute atomic E-state index is 10.9. The number of benzene rings is 1. The minimum atomic E-state index is -0.361. The van der Waals surface area contributed by atoms with Gasteiger partial charge in [-0.25, -0.2) is 9.67 Å². The lowest BCUT2D eigenvalue weighted by molar-refractivity contribution is 0.0298. The summed E-state index contributed by atoms with van der Waals surface area (Å²) in [5.41, 5.74) is 3.40. The van der Waals surface area contributed by atoms with Crippen LogP contribution < -0.4 is 0 Å². The summed E-state index contributed by atoms with van der Waals surface area (Å²) < 4.78 is 3.94. The molecule has 0 unspecified atom stereocenters. The number of hydrogen-bond donors (Lipinski definition) is 1. The van der Waals surface area contributed by atoms with E-state index in [1.165, 1.54) is 5.56 Å². The summed E-state index contributed by atoms with van der Waals surface area (Å²) in [5, 5.41) is 19.5. The predicted octanol–water partition coefficient (Wildman–Crippen LogP) is 1.97.